The Morgan fingerprint density at radius 2 is 2.00 bits per heavy atom. The number of nitrogens with one attached hydrogen (secondary N) is 1. The van der Waals surface area contributed by atoms with E-state index in [2.05, 4.69) is 35.2 Å². The first-order chi connectivity index (χ1) is 9.20. The van der Waals surface area contributed by atoms with Crippen LogP contribution in [0.1, 0.15) is 37.2 Å². The molecule has 4 heteroatoms. The van der Waals surface area contributed by atoms with Gasteiger partial charge in [0.05, 0.1) is 12.8 Å². The van der Waals surface area contributed by atoms with Gasteiger partial charge in [0.1, 0.15) is 5.75 Å². The van der Waals surface area contributed by atoms with Crippen LogP contribution in [-0.2, 0) is 0 Å². The number of hydrogen-bond acceptors (Lipinski definition) is 4. The molecule has 100 valence electrons. The van der Waals surface area contributed by atoms with Gasteiger partial charge in [-0.25, -0.2) is 0 Å². The molecule has 0 amide bonds. The molecule has 2 atom stereocenters. The summed E-state index contributed by atoms with van der Waals surface area (Å²) in [6.07, 6.45) is 5.18. The van der Waals surface area contributed by atoms with E-state index in [4.69, 9.17) is 4.74 Å². The molecule has 19 heavy (non-hydrogen) atoms. The second-order valence-electron chi connectivity index (χ2n) is 4.52. The molecule has 0 aliphatic heterocycles. The summed E-state index contributed by atoms with van der Waals surface area (Å²) in [6, 6.07) is 8.44. The Kier molecular flexibility index (Phi) is 4.47. The Bertz CT molecular complexity index is 516. The van der Waals surface area contributed by atoms with Gasteiger partial charge in [-0.2, -0.15) is 0 Å². The van der Waals surface area contributed by atoms with Crippen LogP contribution in [-0.4, -0.2) is 17.1 Å². The van der Waals surface area contributed by atoms with Gasteiger partial charge in [-0.15, -0.1) is 0 Å². The lowest BCUT2D eigenvalue weighted by atomic mass is 10.1. The highest BCUT2D eigenvalue weighted by atomic mass is 16.5. The summed E-state index contributed by atoms with van der Waals surface area (Å²) in [6.45, 7) is 4.21. The first-order valence-electron chi connectivity index (χ1n) is 6.36. The van der Waals surface area contributed by atoms with Gasteiger partial charge in [-0.3, -0.25) is 9.97 Å². The zero-order valence-electron chi connectivity index (χ0n) is 11.5. The van der Waals surface area contributed by atoms with Crippen molar-refractivity contribution in [1.29, 1.82) is 0 Å². The molecule has 2 rings (SSSR count). The highest BCUT2D eigenvalue weighted by molar-refractivity contribution is 5.30. The van der Waals surface area contributed by atoms with Crippen molar-refractivity contribution < 1.29 is 4.74 Å². The number of ether oxygens (including phenoxy) is 1. The number of benzene rings is 1. The lowest BCUT2D eigenvalue weighted by Gasteiger charge is -2.20. The first kappa shape index (κ1) is 13.5. The van der Waals surface area contributed by atoms with Crippen molar-refractivity contribution in [2.75, 3.05) is 7.11 Å². The smallest absolute Gasteiger partial charge is 0.119 e. The molecular formula is C15H19N3O. The molecule has 1 aromatic carbocycles. The molecule has 1 heterocycles. The van der Waals surface area contributed by atoms with E-state index in [1.165, 1.54) is 5.56 Å². The van der Waals surface area contributed by atoms with Gasteiger partial charge in [0.2, 0.25) is 0 Å². The van der Waals surface area contributed by atoms with E-state index in [-0.39, 0.29) is 12.1 Å². The minimum atomic E-state index is 0.148. The maximum Gasteiger partial charge on any atom is 0.119 e. The van der Waals surface area contributed by atoms with Gasteiger partial charge in [-0.1, -0.05) is 12.1 Å². The Morgan fingerprint density at radius 3 is 2.68 bits per heavy atom. The highest BCUT2D eigenvalue weighted by Gasteiger charge is 2.12. The molecule has 0 bridgehead atoms. The summed E-state index contributed by atoms with van der Waals surface area (Å²) in [4.78, 5) is 8.40. The van der Waals surface area contributed by atoms with Gasteiger partial charge in [-0.05, 0) is 31.5 Å². The van der Waals surface area contributed by atoms with E-state index in [9.17, 15) is 0 Å². The Balaban J connectivity index is 2.06. The fraction of sp³-hybridized carbons (Fsp3) is 0.333. The van der Waals surface area contributed by atoms with Crippen molar-refractivity contribution >= 4 is 0 Å². The largest absolute Gasteiger partial charge is 0.497 e. The van der Waals surface area contributed by atoms with Gasteiger partial charge < -0.3 is 10.1 Å². The molecule has 0 spiro atoms. The third-order valence-corrected chi connectivity index (χ3v) is 3.12. The third-order valence-electron chi connectivity index (χ3n) is 3.12. The standard InChI is InChI=1S/C15H19N3O/c1-11(13-5-4-6-14(9-13)19-3)18-12(2)15-10-16-7-8-17-15/h4-12,18H,1-3H3/t11-,12?/m0/s1. The van der Waals surface area contributed by atoms with E-state index in [0.29, 0.717) is 0 Å². The molecule has 1 N–H and O–H groups in total. The molecule has 0 radical (unpaired) electrons. The maximum absolute atomic E-state index is 5.24. The fourth-order valence-electron chi connectivity index (χ4n) is 2.00. The number of rotatable bonds is 5. The van der Waals surface area contributed by atoms with Crippen molar-refractivity contribution in [1.82, 2.24) is 15.3 Å². The molecule has 1 unspecified atom stereocenters. The normalized spacial score (nSPS) is 13.8. The number of nitrogens with zero attached hydrogens (tertiary/aromatic N) is 2. The summed E-state index contributed by atoms with van der Waals surface area (Å²) >= 11 is 0. The van der Waals surface area contributed by atoms with Crippen LogP contribution in [0.2, 0.25) is 0 Å². The second-order valence-corrected chi connectivity index (χ2v) is 4.52. The van der Waals surface area contributed by atoms with Gasteiger partial charge >= 0.3 is 0 Å². The number of aromatic nitrogens is 2. The molecule has 0 aliphatic rings. The lowest BCUT2D eigenvalue weighted by molar-refractivity contribution is 0.412. The van der Waals surface area contributed by atoms with E-state index in [1.807, 2.05) is 18.2 Å². The highest BCUT2D eigenvalue weighted by Crippen LogP contribution is 2.21. The zero-order chi connectivity index (χ0) is 13.7. The van der Waals surface area contributed by atoms with E-state index in [0.717, 1.165) is 11.4 Å². The molecule has 1 aromatic heterocycles. The molecule has 0 saturated heterocycles. The van der Waals surface area contributed by atoms with Crippen molar-refractivity contribution in [3.05, 3.63) is 54.1 Å². The van der Waals surface area contributed by atoms with Crippen LogP contribution in [0.3, 0.4) is 0 Å². The van der Waals surface area contributed by atoms with Gasteiger partial charge in [0, 0.05) is 30.7 Å². The monoisotopic (exact) mass is 257 g/mol. The van der Waals surface area contributed by atoms with Crippen molar-refractivity contribution in [3.8, 4) is 5.75 Å². The Hall–Kier alpha value is -1.94. The van der Waals surface area contributed by atoms with Crippen LogP contribution in [0.4, 0.5) is 0 Å². The predicted octanol–water partition coefficient (Wildman–Crippen LogP) is 2.90. The zero-order valence-corrected chi connectivity index (χ0v) is 11.5. The first-order valence-corrected chi connectivity index (χ1v) is 6.36. The second kappa shape index (κ2) is 6.29. The average Bonchev–Trinajstić information content (AvgIpc) is 2.48. The quantitative estimate of drug-likeness (QED) is 0.894. The Morgan fingerprint density at radius 1 is 1.16 bits per heavy atom. The molecule has 0 saturated carbocycles. The van der Waals surface area contributed by atoms with E-state index < -0.39 is 0 Å². The van der Waals surface area contributed by atoms with Crippen molar-refractivity contribution in [2.45, 2.75) is 25.9 Å². The van der Waals surface area contributed by atoms with Gasteiger partial charge in [0.15, 0.2) is 0 Å². The molecule has 4 nitrogen and oxygen atoms in total. The number of hydrogen-bond donors (Lipinski definition) is 1. The maximum atomic E-state index is 5.24. The fourth-order valence-corrected chi connectivity index (χ4v) is 2.00. The van der Waals surface area contributed by atoms with E-state index in [1.54, 1.807) is 25.7 Å². The third kappa shape index (κ3) is 3.51. The van der Waals surface area contributed by atoms with Gasteiger partial charge in [0.25, 0.3) is 0 Å². The van der Waals surface area contributed by atoms with Crippen LogP contribution in [0.25, 0.3) is 0 Å². The van der Waals surface area contributed by atoms with Crippen LogP contribution in [0.15, 0.2) is 42.9 Å². The minimum absolute atomic E-state index is 0.148. The van der Waals surface area contributed by atoms with E-state index >= 15 is 0 Å². The molecule has 0 aliphatic carbocycles. The number of methoxy groups -OCH3 is 1. The van der Waals surface area contributed by atoms with Crippen LogP contribution >= 0.6 is 0 Å². The average molecular weight is 257 g/mol. The topological polar surface area (TPSA) is 47.0 Å². The summed E-state index contributed by atoms with van der Waals surface area (Å²) in [5, 5.41) is 3.51. The summed E-state index contributed by atoms with van der Waals surface area (Å²) in [5.74, 6) is 0.873. The summed E-state index contributed by atoms with van der Waals surface area (Å²) in [5.41, 5.74) is 2.13. The summed E-state index contributed by atoms with van der Waals surface area (Å²) in [7, 11) is 1.68. The summed E-state index contributed by atoms with van der Waals surface area (Å²) < 4.78 is 5.24. The van der Waals surface area contributed by atoms with Crippen molar-refractivity contribution in [3.63, 3.8) is 0 Å². The minimum Gasteiger partial charge on any atom is -0.497 e. The van der Waals surface area contributed by atoms with Crippen LogP contribution < -0.4 is 10.1 Å². The Labute approximate surface area is 113 Å². The molecule has 0 fully saturated rings. The van der Waals surface area contributed by atoms with Crippen LogP contribution in [0.5, 0.6) is 5.75 Å². The molecule has 2 aromatic rings. The SMILES string of the molecule is COc1cccc([C@H](C)NC(C)c2cnccn2)c1. The van der Waals surface area contributed by atoms with Crippen molar-refractivity contribution in [2.24, 2.45) is 0 Å². The predicted molar refractivity (Wildman–Crippen MR) is 75.0 cm³/mol. The molecular weight excluding hydrogens is 238 g/mol. The lowest BCUT2D eigenvalue weighted by Crippen LogP contribution is -2.23. The van der Waals surface area contributed by atoms with Crippen LogP contribution in [0, 0.1) is 0 Å².